The van der Waals surface area contributed by atoms with Gasteiger partial charge in [-0.3, -0.25) is 4.79 Å². The fraction of sp³-hybridized carbons (Fsp3) is 0.250. The van der Waals surface area contributed by atoms with Gasteiger partial charge in [-0.2, -0.15) is 9.57 Å². The Morgan fingerprint density at radius 1 is 0.903 bits per heavy atom. The van der Waals surface area contributed by atoms with E-state index in [0.717, 1.165) is 23.2 Å². The van der Waals surface area contributed by atoms with Crippen molar-refractivity contribution >= 4 is 10.0 Å². The van der Waals surface area contributed by atoms with Crippen molar-refractivity contribution < 1.29 is 8.42 Å². The second-order valence-corrected chi connectivity index (χ2v) is 10.1. The van der Waals surface area contributed by atoms with Gasteiger partial charge in [0.05, 0.1) is 10.5 Å². The van der Waals surface area contributed by atoms with Crippen molar-refractivity contribution in [2.45, 2.75) is 23.8 Å². The van der Waals surface area contributed by atoms with Crippen LogP contribution in [0.3, 0.4) is 0 Å². The van der Waals surface area contributed by atoms with Gasteiger partial charge < -0.3 is 4.57 Å². The van der Waals surface area contributed by atoms with Crippen molar-refractivity contribution in [3.05, 3.63) is 88.3 Å². The molecule has 6 nitrogen and oxygen atoms in total. The highest BCUT2D eigenvalue weighted by Crippen LogP contribution is 2.41. The lowest BCUT2D eigenvalue weighted by atomic mass is 9.81. The van der Waals surface area contributed by atoms with Gasteiger partial charge in [-0.05, 0) is 36.1 Å². The zero-order chi connectivity index (χ0) is 21.6. The van der Waals surface area contributed by atoms with E-state index in [1.54, 1.807) is 18.2 Å². The van der Waals surface area contributed by atoms with Crippen LogP contribution < -0.4 is 5.56 Å². The number of piperidine rings is 1. The zero-order valence-electron chi connectivity index (χ0n) is 16.8. The van der Waals surface area contributed by atoms with Crippen LogP contribution in [0.25, 0.3) is 11.1 Å². The van der Waals surface area contributed by atoms with Crippen molar-refractivity contribution in [1.29, 1.82) is 5.26 Å². The molecular formula is C24H21N3O3S. The molecule has 0 amide bonds. The summed E-state index contributed by atoms with van der Waals surface area (Å²) >= 11 is 0. The fourth-order valence-electron chi connectivity index (χ4n) is 4.95. The molecule has 0 unspecified atom stereocenters. The van der Waals surface area contributed by atoms with Crippen LogP contribution in [-0.2, 0) is 16.6 Å². The quantitative estimate of drug-likeness (QED) is 0.638. The molecule has 5 rings (SSSR count). The van der Waals surface area contributed by atoms with Gasteiger partial charge >= 0.3 is 0 Å². The molecule has 3 aromatic rings. The maximum atomic E-state index is 13.4. The van der Waals surface area contributed by atoms with Gasteiger partial charge in [-0.15, -0.1) is 0 Å². The summed E-state index contributed by atoms with van der Waals surface area (Å²) in [6.45, 7) is 1.14. The Kier molecular flexibility index (Phi) is 4.77. The molecule has 3 heterocycles. The molecule has 1 saturated heterocycles. The zero-order valence-corrected chi connectivity index (χ0v) is 17.6. The maximum Gasteiger partial charge on any atom is 0.250 e. The SMILES string of the molecule is N#Cc1ccccc1S(=O)(=O)N1C[C@@H]2C[C@@H](C1)c1c(-c3ccccc3)ccc(=O)n1C2. The molecule has 7 heteroatoms. The van der Waals surface area contributed by atoms with Crippen molar-refractivity contribution in [3.8, 4) is 17.2 Å². The molecule has 0 spiro atoms. The van der Waals surface area contributed by atoms with E-state index in [-0.39, 0.29) is 27.9 Å². The standard InChI is InChI=1S/C24H21N3O3S/c25-13-19-8-4-5-9-22(19)31(29,30)26-14-17-12-20(16-26)24-21(18-6-2-1-3-7-18)10-11-23(28)27(24)15-17/h1-11,17,20H,12,14-16H2/t17-,20-/m0/s1. The summed E-state index contributed by atoms with van der Waals surface area (Å²) in [6.07, 6.45) is 0.842. The van der Waals surface area contributed by atoms with Crippen LogP contribution in [0.4, 0.5) is 0 Å². The Bertz CT molecular complexity index is 1360. The maximum absolute atomic E-state index is 13.4. The van der Waals surface area contributed by atoms with Gasteiger partial charge in [0.2, 0.25) is 10.0 Å². The molecular weight excluding hydrogens is 410 g/mol. The van der Waals surface area contributed by atoms with Crippen molar-refractivity contribution in [1.82, 2.24) is 8.87 Å². The first-order valence-corrected chi connectivity index (χ1v) is 11.7. The van der Waals surface area contributed by atoms with Gasteiger partial charge in [-0.1, -0.05) is 42.5 Å². The average molecular weight is 432 g/mol. The largest absolute Gasteiger partial charge is 0.311 e. The molecule has 2 atom stereocenters. The normalized spacial score (nSPS) is 20.6. The molecule has 2 aliphatic rings. The monoisotopic (exact) mass is 431 g/mol. The van der Waals surface area contributed by atoms with E-state index in [4.69, 9.17) is 0 Å². The molecule has 2 bridgehead atoms. The molecule has 0 saturated carbocycles. The molecule has 1 aromatic heterocycles. The first-order valence-electron chi connectivity index (χ1n) is 10.3. The van der Waals surface area contributed by atoms with Gasteiger partial charge in [0.1, 0.15) is 6.07 Å². The summed E-state index contributed by atoms with van der Waals surface area (Å²) in [6, 6.07) is 21.6. The first kappa shape index (κ1) is 19.7. The van der Waals surface area contributed by atoms with Crippen molar-refractivity contribution in [2.75, 3.05) is 13.1 Å². The minimum absolute atomic E-state index is 0.0458. The van der Waals surface area contributed by atoms with Crippen LogP contribution in [0.1, 0.15) is 23.6 Å². The highest BCUT2D eigenvalue weighted by molar-refractivity contribution is 7.89. The fourth-order valence-corrected chi connectivity index (χ4v) is 6.66. The van der Waals surface area contributed by atoms with E-state index in [9.17, 15) is 18.5 Å². The Balaban J connectivity index is 1.59. The van der Waals surface area contributed by atoms with E-state index >= 15 is 0 Å². The number of rotatable bonds is 3. The topological polar surface area (TPSA) is 83.2 Å². The number of pyridine rings is 1. The molecule has 1 fully saturated rings. The second kappa shape index (κ2) is 7.49. The molecule has 2 aromatic carbocycles. The lowest BCUT2D eigenvalue weighted by Crippen LogP contribution is -2.49. The highest BCUT2D eigenvalue weighted by Gasteiger charge is 2.41. The minimum atomic E-state index is -3.81. The average Bonchev–Trinajstić information content (AvgIpc) is 2.80. The number of aromatic nitrogens is 1. The Hall–Kier alpha value is -3.21. The van der Waals surface area contributed by atoms with E-state index < -0.39 is 10.0 Å². The highest BCUT2D eigenvalue weighted by atomic mass is 32.2. The van der Waals surface area contributed by atoms with Crippen LogP contribution in [0.5, 0.6) is 0 Å². The summed E-state index contributed by atoms with van der Waals surface area (Å²) in [7, 11) is -3.81. The van der Waals surface area contributed by atoms with Crippen LogP contribution in [0, 0.1) is 17.2 Å². The second-order valence-electron chi connectivity index (χ2n) is 8.18. The lowest BCUT2D eigenvalue weighted by molar-refractivity contribution is 0.187. The van der Waals surface area contributed by atoms with E-state index in [0.29, 0.717) is 19.6 Å². The molecule has 2 aliphatic heterocycles. The van der Waals surface area contributed by atoms with Gasteiger partial charge in [-0.25, -0.2) is 8.42 Å². The van der Waals surface area contributed by atoms with Crippen molar-refractivity contribution in [3.63, 3.8) is 0 Å². The number of nitriles is 1. The summed E-state index contributed by atoms with van der Waals surface area (Å²) in [5.41, 5.74) is 3.00. The van der Waals surface area contributed by atoms with E-state index in [1.165, 1.54) is 16.4 Å². The van der Waals surface area contributed by atoms with E-state index in [1.807, 2.05) is 47.0 Å². The first-order chi connectivity index (χ1) is 15.0. The van der Waals surface area contributed by atoms with Crippen molar-refractivity contribution in [2.24, 2.45) is 5.92 Å². The number of nitrogens with zero attached hydrogens (tertiary/aromatic N) is 3. The summed E-state index contributed by atoms with van der Waals surface area (Å²) in [4.78, 5) is 12.7. The smallest absolute Gasteiger partial charge is 0.250 e. The van der Waals surface area contributed by atoms with Crippen LogP contribution in [-0.4, -0.2) is 30.4 Å². The number of hydrogen-bond acceptors (Lipinski definition) is 4. The molecule has 31 heavy (non-hydrogen) atoms. The van der Waals surface area contributed by atoms with Gasteiger partial charge in [0.25, 0.3) is 5.56 Å². The summed E-state index contributed by atoms with van der Waals surface area (Å²) in [5, 5.41) is 9.39. The number of fused-ring (bicyclic) bond motifs is 4. The predicted molar refractivity (Wildman–Crippen MR) is 117 cm³/mol. The number of hydrogen-bond donors (Lipinski definition) is 0. The number of sulfonamides is 1. The third-order valence-electron chi connectivity index (χ3n) is 6.27. The summed E-state index contributed by atoms with van der Waals surface area (Å²) < 4.78 is 30.2. The lowest BCUT2D eigenvalue weighted by Gasteiger charge is -2.43. The molecule has 0 radical (unpaired) electrons. The molecule has 0 aliphatic carbocycles. The summed E-state index contributed by atoms with van der Waals surface area (Å²) in [5.74, 6) is -0.0281. The Labute approximate surface area is 181 Å². The number of benzene rings is 2. The predicted octanol–water partition coefficient (Wildman–Crippen LogP) is 3.19. The van der Waals surface area contributed by atoms with Crippen LogP contribution in [0.15, 0.2) is 76.4 Å². The van der Waals surface area contributed by atoms with Gasteiger partial charge in [0, 0.05) is 42.9 Å². The molecule has 0 N–H and O–H groups in total. The van der Waals surface area contributed by atoms with Gasteiger partial charge in [0.15, 0.2) is 0 Å². The third kappa shape index (κ3) is 3.29. The molecule has 156 valence electrons. The van der Waals surface area contributed by atoms with Crippen LogP contribution in [0.2, 0.25) is 0 Å². The Morgan fingerprint density at radius 2 is 1.65 bits per heavy atom. The minimum Gasteiger partial charge on any atom is -0.311 e. The Morgan fingerprint density at radius 3 is 2.42 bits per heavy atom. The third-order valence-corrected chi connectivity index (χ3v) is 8.16. The van der Waals surface area contributed by atoms with Crippen LogP contribution >= 0.6 is 0 Å². The van der Waals surface area contributed by atoms with E-state index in [2.05, 4.69) is 0 Å².